The summed E-state index contributed by atoms with van der Waals surface area (Å²) >= 11 is 0. The highest BCUT2D eigenvalue weighted by atomic mass is 16.5. The molecular weight excluding hydrogens is 318 g/mol. The van der Waals surface area contributed by atoms with Crippen LogP contribution >= 0.6 is 0 Å². The lowest BCUT2D eigenvalue weighted by Crippen LogP contribution is -2.21. The molecule has 3 rings (SSSR count). The smallest absolute Gasteiger partial charge is 0.244 e. The van der Waals surface area contributed by atoms with Gasteiger partial charge in [-0.05, 0) is 18.2 Å². The second-order valence-corrected chi connectivity index (χ2v) is 5.12. The van der Waals surface area contributed by atoms with Crippen molar-refractivity contribution >= 4 is 12.0 Å². The van der Waals surface area contributed by atoms with Crippen molar-refractivity contribution in [3.05, 3.63) is 72.5 Å². The van der Waals surface area contributed by atoms with Gasteiger partial charge in [-0.1, -0.05) is 24.3 Å². The molecule has 7 nitrogen and oxygen atoms in total. The van der Waals surface area contributed by atoms with Crippen molar-refractivity contribution in [2.75, 3.05) is 7.11 Å². The number of hydrogen-bond acceptors (Lipinski definition) is 5. The zero-order valence-electron chi connectivity index (χ0n) is 13.7. The molecular formula is C18H17N5O2. The molecule has 1 N–H and O–H groups in total. The minimum Gasteiger partial charge on any atom is -0.496 e. The summed E-state index contributed by atoms with van der Waals surface area (Å²) in [5, 5.41) is 6.91. The number of benzene rings is 1. The second-order valence-electron chi connectivity index (χ2n) is 5.12. The molecule has 0 spiro atoms. The first kappa shape index (κ1) is 16.4. The van der Waals surface area contributed by atoms with E-state index in [-0.39, 0.29) is 5.91 Å². The highest BCUT2D eigenvalue weighted by Crippen LogP contribution is 2.18. The average Bonchev–Trinajstić information content (AvgIpc) is 3.19. The molecule has 2 heterocycles. The lowest BCUT2D eigenvalue weighted by atomic mass is 10.2. The summed E-state index contributed by atoms with van der Waals surface area (Å²) in [7, 11) is 1.60. The number of para-hydroxylation sites is 1. The summed E-state index contributed by atoms with van der Waals surface area (Å²) in [6.45, 7) is 0.331. The van der Waals surface area contributed by atoms with E-state index in [1.165, 1.54) is 12.4 Å². The highest BCUT2D eigenvalue weighted by Gasteiger charge is 2.07. The fourth-order valence-electron chi connectivity index (χ4n) is 2.30. The van der Waals surface area contributed by atoms with Crippen LogP contribution in [0.2, 0.25) is 0 Å². The maximum Gasteiger partial charge on any atom is 0.244 e. The van der Waals surface area contributed by atoms with E-state index in [4.69, 9.17) is 4.74 Å². The third-order valence-corrected chi connectivity index (χ3v) is 3.51. The molecule has 0 atom stereocenters. The van der Waals surface area contributed by atoms with E-state index in [0.717, 1.165) is 11.1 Å². The molecule has 2 aromatic heterocycles. The van der Waals surface area contributed by atoms with Gasteiger partial charge in [0.15, 0.2) is 5.82 Å². The Morgan fingerprint density at radius 2 is 2.16 bits per heavy atom. The summed E-state index contributed by atoms with van der Waals surface area (Å²) in [5.74, 6) is 1.14. The maximum absolute atomic E-state index is 12.1. The number of methoxy groups -OCH3 is 1. The molecule has 1 amide bonds. The number of aromatic nitrogens is 4. The fourth-order valence-corrected chi connectivity index (χ4v) is 2.30. The number of carbonyl (C=O) groups is 1. The van der Waals surface area contributed by atoms with Gasteiger partial charge in [0, 0.05) is 29.9 Å². The van der Waals surface area contributed by atoms with E-state index < -0.39 is 0 Å². The van der Waals surface area contributed by atoms with Gasteiger partial charge in [0.2, 0.25) is 5.91 Å². The van der Waals surface area contributed by atoms with Crippen molar-refractivity contribution in [2.24, 2.45) is 0 Å². The van der Waals surface area contributed by atoms with Gasteiger partial charge in [-0.2, -0.15) is 5.10 Å². The van der Waals surface area contributed by atoms with Crippen LogP contribution in [0.15, 0.2) is 61.3 Å². The van der Waals surface area contributed by atoms with Crippen LogP contribution in [0, 0.1) is 0 Å². The first-order chi connectivity index (χ1) is 12.3. The summed E-state index contributed by atoms with van der Waals surface area (Å²) in [5.41, 5.74) is 1.68. The van der Waals surface area contributed by atoms with Crippen LogP contribution in [0.4, 0.5) is 0 Å². The Balaban J connectivity index is 1.66. The van der Waals surface area contributed by atoms with Crippen LogP contribution in [-0.4, -0.2) is 32.8 Å². The Hall–Kier alpha value is -3.48. The predicted octanol–water partition coefficient (Wildman–Crippen LogP) is 2.00. The molecule has 126 valence electrons. The molecule has 0 radical (unpaired) electrons. The summed E-state index contributed by atoms with van der Waals surface area (Å²) < 4.78 is 6.82. The number of carbonyl (C=O) groups excluding carboxylic acids is 1. The zero-order valence-corrected chi connectivity index (χ0v) is 13.7. The van der Waals surface area contributed by atoms with Gasteiger partial charge >= 0.3 is 0 Å². The Morgan fingerprint density at radius 3 is 2.96 bits per heavy atom. The number of amides is 1. The summed E-state index contributed by atoms with van der Waals surface area (Å²) in [4.78, 5) is 20.3. The van der Waals surface area contributed by atoms with Crippen molar-refractivity contribution < 1.29 is 9.53 Å². The molecule has 0 aliphatic carbocycles. The van der Waals surface area contributed by atoms with E-state index in [1.54, 1.807) is 30.4 Å². The molecule has 7 heteroatoms. The van der Waals surface area contributed by atoms with Crippen LogP contribution in [0.1, 0.15) is 11.1 Å². The molecule has 0 fully saturated rings. The van der Waals surface area contributed by atoms with Crippen molar-refractivity contribution in [3.63, 3.8) is 0 Å². The van der Waals surface area contributed by atoms with Gasteiger partial charge in [0.25, 0.3) is 0 Å². The maximum atomic E-state index is 12.1. The molecule has 3 aromatic rings. The average molecular weight is 335 g/mol. The number of nitrogens with one attached hydrogen (secondary N) is 1. The number of rotatable bonds is 6. The number of ether oxygens (including phenoxy) is 1. The van der Waals surface area contributed by atoms with Crippen LogP contribution < -0.4 is 10.1 Å². The molecule has 0 aliphatic rings. The molecule has 0 saturated heterocycles. The Bertz CT molecular complexity index is 875. The lowest BCUT2D eigenvalue weighted by molar-refractivity contribution is -0.116. The van der Waals surface area contributed by atoms with Crippen molar-refractivity contribution in [1.29, 1.82) is 0 Å². The Morgan fingerprint density at radius 1 is 1.28 bits per heavy atom. The standard InChI is InChI=1S/C18H17N5O2/c1-25-16-7-3-2-5-14(16)8-9-17(24)21-11-15-6-4-10-20-18(15)23-13-19-12-22-23/h2-10,12-13H,11H2,1H3,(H,21,24)/b9-8-. The Kier molecular flexibility index (Phi) is 5.16. The van der Waals surface area contributed by atoms with Gasteiger partial charge in [0.05, 0.1) is 7.11 Å². The van der Waals surface area contributed by atoms with E-state index in [2.05, 4.69) is 20.4 Å². The van der Waals surface area contributed by atoms with Crippen LogP contribution in [0.3, 0.4) is 0 Å². The molecule has 1 aromatic carbocycles. The Labute approximate surface area is 145 Å². The molecule has 0 bridgehead atoms. The van der Waals surface area contributed by atoms with Crippen LogP contribution in [0.5, 0.6) is 5.75 Å². The van der Waals surface area contributed by atoms with Gasteiger partial charge < -0.3 is 10.1 Å². The first-order valence-corrected chi connectivity index (χ1v) is 7.66. The summed E-state index contributed by atoms with van der Waals surface area (Å²) in [6.07, 6.45) is 7.87. The highest BCUT2D eigenvalue weighted by molar-refractivity contribution is 5.92. The summed E-state index contributed by atoms with van der Waals surface area (Å²) in [6, 6.07) is 11.2. The number of pyridine rings is 1. The van der Waals surface area contributed by atoms with E-state index in [0.29, 0.717) is 18.1 Å². The van der Waals surface area contributed by atoms with Gasteiger partial charge in [-0.15, -0.1) is 0 Å². The second kappa shape index (κ2) is 7.87. The van der Waals surface area contributed by atoms with Gasteiger partial charge in [0.1, 0.15) is 18.4 Å². The van der Waals surface area contributed by atoms with Gasteiger partial charge in [-0.25, -0.2) is 14.6 Å². The largest absolute Gasteiger partial charge is 0.496 e. The fraction of sp³-hybridized carbons (Fsp3) is 0.111. The van der Waals surface area contributed by atoms with Crippen LogP contribution in [-0.2, 0) is 11.3 Å². The van der Waals surface area contributed by atoms with Crippen molar-refractivity contribution in [3.8, 4) is 11.6 Å². The van der Waals surface area contributed by atoms with Crippen molar-refractivity contribution in [1.82, 2.24) is 25.1 Å². The SMILES string of the molecule is COc1ccccc1/C=C\C(=O)NCc1cccnc1-n1cncn1. The minimum absolute atomic E-state index is 0.209. The van der Waals surface area contributed by atoms with E-state index in [9.17, 15) is 4.79 Å². The quantitative estimate of drug-likeness (QED) is 0.697. The minimum atomic E-state index is -0.209. The molecule has 25 heavy (non-hydrogen) atoms. The molecule has 0 unspecified atom stereocenters. The normalized spacial score (nSPS) is 10.8. The molecule has 0 aliphatic heterocycles. The van der Waals surface area contributed by atoms with Crippen molar-refractivity contribution in [2.45, 2.75) is 6.54 Å². The van der Waals surface area contributed by atoms with Gasteiger partial charge in [-0.3, -0.25) is 4.79 Å². The first-order valence-electron chi connectivity index (χ1n) is 7.66. The zero-order chi connectivity index (χ0) is 17.5. The lowest BCUT2D eigenvalue weighted by Gasteiger charge is -2.08. The topological polar surface area (TPSA) is 81.9 Å². The predicted molar refractivity (Wildman–Crippen MR) is 93.0 cm³/mol. The van der Waals surface area contributed by atoms with Crippen LogP contribution in [0.25, 0.3) is 11.9 Å². The van der Waals surface area contributed by atoms with E-state index >= 15 is 0 Å². The third kappa shape index (κ3) is 4.08. The van der Waals surface area contributed by atoms with E-state index in [1.807, 2.05) is 36.4 Å². The third-order valence-electron chi connectivity index (χ3n) is 3.51. The molecule has 0 saturated carbocycles. The monoisotopic (exact) mass is 335 g/mol. The number of hydrogen-bond donors (Lipinski definition) is 1. The number of nitrogens with zero attached hydrogens (tertiary/aromatic N) is 4.